The van der Waals surface area contributed by atoms with Crippen LogP contribution in [0.15, 0.2) is 24.5 Å². The normalized spacial score (nSPS) is 17.3. The van der Waals surface area contributed by atoms with Crippen LogP contribution in [0.2, 0.25) is 0 Å². The predicted octanol–water partition coefficient (Wildman–Crippen LogP) is 4.06. The Kier molecular flexibility index (Phi) is 5.45. The van der Waals surface area contributed by atoms with E-state index in [1.807, 2.05) is 45.9 Å². The van der Waals surface area contributed by atoms with Crippen molar-refractivity contribution in [2.45, 2.75) is 45.8 Å². The van der Waals surface area contributed by atoms with E-state index in [1.165, 1.54) is 0 Å². The molecule has 2 heterocycles. The number of rotatable bonds is 3. The van der Waals surface area contributed by atoms with Gasteiger partial charge in [0.25, 0.3) is 0 Å². The van der Waals surface area contributed by atoms with Gasteiger partial charge in [-0.15, -0.1) is 0 Å². The molecule has 1 aromatic heterocycles. The molecule has 1 aliphatic heterocycles. The van der Waals surface area contributed by atoms with E-state index < -0.39 is 5.60 Å². The summed E-state index contributed by atoms with van der Waals surface area (Å²) in [5, 5.41) is 0.893. The molecule has 28 heavy (non-hydrogen) atoms. The highest BCUT2D eigenvalue weighted by Crippen LogP contribution is 2.36. The molecule has 0 radical (unpaired) electrons. The van der Waals surface area contributed by atoms with Gasteiger partial charge >= 0.3 is 6.09 Å². The summed E-state index contributed by atoms with van der Waals surface area (Å²) in [6.45, 7) is 8.11. The van der Waals surface area contributed by atoms with Crippen LogP contribution in [0.5, 0.6) is 11.5 Å². The minimum atomic E-state index is -0.515. The molecule has 1 unspecified atom stereocenters. The number of fused-ring (bicyclic) bond motifs is 1. The van der Waals surface area contributed by atoms with E-state index in [2.05, 4.69) is 9.97 Å². The zero-order valence-corrected chi connectivity index (χ0v) is 17.3. The summed E-state index contributed by atoms with van der Waals surface area (Å²) >= 11 is 0. The number of benzene rings is 1. The average Bonchev–Trinajstić information content (AvgIpc) is 2.64. The number of ether oxygens (including phenoxy) is 3. The van der Waals surface area contributed by atoms with Gasteiger partial charge in [0.15, 0.2) is 11.5 Å². The molecule has 0 aliphatic carbocycles. The number of nitrogens with zero attached hydrogens (tertiary/aromatic N) is 3. The van der Waals surface area contributed by atoms with Crippen LogP contribution >= 0.6 is 0 Å². The highest BCUT2D eigenvalue weighted by Gasteiger charge is 2.29. The molecule has 1 amide bonds. The minimum absolute atomic E-state index is 0.00000853. The maximum Gasteiger partial charge on any atom is 0.410 e. The summed E-state index contributed by atoms with van der Waals surface area (Å²) in [6, 6.07) is 3.74. The van der Waals surface area contributed by atoms with E-state index in [-0.39, 0.29) is 12.1 Å². The van der Waals surface area contributed by atoms with Crippen molar-refractivity contribution in [2.24, 2.45) is 0 Å². The van der Waals surface area contributed by atoms with Crippen LogP contribution in [0.25, 0.3) is 16.5 Å². The lowest BCUT2D eigenvalue weighted by Crippen LogP contribution is -2.44. The van der Waals surface area contributed by atoms with Gasteiger partial charge in [0.05, 0.1) is 25.4 Å². The summed E-state index contributed by atoms with van der Waals surface area (Å²) in [4.78, 5) is 23.1. The average molecular weight is 385 g/mol. The second kappa shape index (κ2) is 7.66. The molecular weight excluding hydrogens is 358 g/mol. The molecule has 7 nitrogen and oxygen atoms in total. The summed E-state index contributed by atoms with van der Waals surface area (Å²) in [5.74, 6) is 1.26. The smallest absolute Gasteiger partial charge is 0.410 e. The topological polar surface area (TPSA) is 73.8 Å². The van der Waals surface area contributed by atoms with Crippen molar-refractivity contribution in [1.29, 1.82) is 0 Å². The van der Waals surface area contributed by atoms with Crippen molar-refractivity contribution in [1.82, 2.24) is 14.9 Å². The summed E-state index contributed by atoms with van der Waals surface area (Å²) in [5.41, 5.74) is 2.19. The zero-order chi connectivity index (χ0) is 20.5. The first-order valence-corrected chi connectivity index (χ1v) is 9.29. The van der Waals surface area contributed by atoms with Crippen molar-refractivity contribution in [3.05, 3.63) is 30.2 Å². The van der Waals surface area contributed by atoms with E-state index in [9.17, 15) is 4.79 Å². The second-order valence-electron chi connectivity index (χ2n) is 7.86. The van der Waals surface area contributed by atoms with E-state index >= 15 is 0 Å². The van der Waals surface area contributed by atoms with Gasteiger partial charge in [0, 0.05) is 24.0 Å². The van der Waals surface area contributed by atoms with Gasteiger partial charge in [-0.1, -0.05) is 6.08 Å². The molecular formula is C21H27N3O4. The van der Waals surface area contributed by atoms with Crippen LogP contribution < -0.4 is 9.47 Å². The zero-order valence-electron chi connectivity index (χ0n) is 17.3. The van der Waals surface area contributed by atoms with Crippen LogP contribution in [0.3, 0.4) is 0 Å². The fraction of sp³-hybridized carbons (Fsp3) is 0.476. The van der Waals surface area contributed by atoms with Crippen molar-refractivity contribution in [3.63, 3.8) is 0 Å². The lowest BCUT2D eigenvalue weighted by Gasteiger charge is -2.34. The van der Waals surface area contributed by atoms with Gasteiger partial charge in [-0.2, -0.15) is 0 Å². The third-order valence-electron chi connectivity index (χ3n) is 4.65. The maximum absolute atomic E-state index is 12.5. The van der Waals surface area contributed by atoms with Crippen LogP contribution in [-0.2, 0) is 4.74 Å². The number of methoxy groups -OCH3 is 2. The molecule has 1 atom stereocenters. The molecule has 0 N–H and O–H groups in total. The predicted molar refractivity (Wildman–Crippen MR) is 108 cm³/mol. The summed E-state index contributed by atoms with van der Waals surface area (Å²) in [6.07, 6.45) is 3.96. The van der Waals surface area contributed by atoms with Gasteiger partial charge in [0.2, 0.25) is 0 Å². The van der Waals surface area contributed by atoms with E-state index in [0.717, 1.165) is 22.2 Å². The molecule has 0 fully saturated rings. The highest BCUT2D eigenvalue weighted by molar-refractivity contribution is 5.92. The number of carbonyl (C=O) groups excluding carboxylic acids is 1. The molecule has 0 spiro atoms. The number of hydrogen-bond acceptors (Lipinski definition) is 6. The SMILES string of the molecule is COc1cc2ncnc(C3=CCN(C(=O)OC(C)(C)C)C(C)C3)c2cc1OC. The van der Waals surface area contributed by atoms with Crippen LogP contribution in [-0.4, -0.2) is 53.4 Å². The maximum atomic E-state index is 12.5. The third kappa shape index (κ3) is 4.03. The van der Waals surface area contributed by atoms with Crippen molar-refractivity contribution in [2.75, 3.05) is 20.8 Å². The second-order valence-corrected chi connectivity index (χ2v) is 7.86. The van der Waals surface area contributed by atoms with Gasteiger partial charge in [-0.05, 0) is 45.8 Å². The largest absolute Gasteiger partial charge is 0.493 e. The quantitative estimate of drug-likeness (QED) is 0.793. The highest BCUT2D eigenvalue weighted by atomic mass is 16.6. The van der Waals surface area contributed by atoms with E-state index in [1.54, 1.807) is 25.4 Å². The molecule has 0 saturated carbocycles. The summed E-state index contributed by atoms with van der Waals surface area (Å²) < 4.78 is 16.3. The molecule has 0 saturated heterocycles. The number of carbonyl (C=O) groups is 1. The first-order valence-electron chi connectivity index (χ1n) is 9.29. The Labute approximate surface area is 165 Å². The number of hydrogen-bond donors (Lipinski definition) is 0. The van der Waals surface area contributed by atoms with E-state index in [0.29, 0.717) is 24.5 Å². The molecule has 1 aromatic carbocycles. The third-order valence-corrected chi connectivity index (χ3v) is 4.65. The van der Waals surface area contributed by atoms with Gasteiger partial charge in [-0.25, -0.2) is 14.8 Å². The molecule has 3 rings (SSSR count). The molecule has 1 aliphatic rings. The van der Waals surface area contributed by atoms with Crippen molar-refractivity contribution < 1.29 is 19.0 Å². The summed E-state index contributed by atoms with van der Waals surface area (Å²) in [7, 11) is 3.20. The first-order chi connectivity index (χ1) is 13.2. The fourth-order valence-electron chi connectivity index (χ4n) is 3.31. The van der Waals surface area contributed by atoms with Gasteiger partial charge in [0.1, 0.15) is 11.9 Å². The Bertz CT molecular complexity index is 918. The fourth-order valence-corrected chi connectivity index (χ4v) is 3.31. The number of aromatic nitrogens is 2. The lowest BCUT2D eigenvalue weighted by molar-refractivity contribution is 0.0198. The Balaban J connectivity index is 1.94. The van der Waals surface area contributed by atoms with Crippen LogP contribution in [0.4, 0.5) is 4.79 Å². The van der Waals surface area contributed by atoms with Crippen LogP contribution in [0, 0.1) is 0 Å². The Hall–Kier alpha value is -2.83. The van der Waals surface area contributed by atoms with Crippen molar-refractivity contribution >= 4 is 22.6 Å². The minimum Gasteiger partial charge on any atom is -0.493 e. The molecule has 7 heteroatoms. The Morgan fingerprint density at radius 2 is 1.82 bits per heavy atom. The Morgan fingerprint density at radius 3 is 2.43 bits per heavy atom. The monoisotopic (exact) mass is 385 g/mol. The first kappa shape index (κ1) is 19.9. The number of amides is 1. The lowest BCUT2D eigenvalue weighted by atomic mass is 9.96. The molecule has 150 valence electrons. The van der Waals surface area contributed by atoms with Crippen molar-refractivity contribution in [3.8, 4) is 11.5 Å². The van der Waals surface area contributed by atoms with Crippen LogP contribution in [0.1, 0.15) is 39.8 Å². The molecule has 0 bridgehead atoms. The van der Waals surface area contributed by atoms with Gasteiger partial charge < -0.3 is 19.1 Å². The molecule has 2 aromatic rings. The standard InChI is InChI=1S/C21H27N3O4/c1-13-9-14(7-8-24(13)20(25)28-21(2,3)4)19-15-10-17(26-5)18(27-6)11-16(15)22-12-23-19/h7,10-13H,8-9H2,1-6H3. The van der Waals surface area contributed by atoms with Gasteiger partial charge in [-0.3, -0.25) is 0 Å². The van der Waals surface area contributed by atoms with E-state index in [4.69, 9.17) is 14.2 Å². The Morgan fingerprint density at radius 1 is 1.14 bits per heavy atom.